The number of carbonyl (C=O) groups excluding carboxylic acids is 2. The minimum absolute atomic E-state index is 0.259. The molecular formula is C27H35N3O19P2. The van der Waals surface area contributed by atoms with Gasteiger partial charge in [-0.2, -0.15) is 4.31 Å². The van der Waals surface area contributed by atoms with Gasteiger partial charge in [-0.05, 0) is 39.8 Å². The summed E-state index contributed by atoms with van der Waals surface area (Å²) in [4.78, 5) is 59.6. The normalized spacial score (nSPS) is 20.4. The summed E-state index contributed by atoms with van der Waals surface area (Å²) in [6.07, 6.45) is -9.71. The molecule has 3 N–H and O–H groups in total. The molecule has 0 bridgehead atoms. The van der Waals surface area contributed by atoms with Gasteiger partial charge in [0.1, 0.15) is 24.0 Å². The summed E-state index contributed by atoms with van der Waals surface area (Å²) in [5.41, 5.74) is -1.03. The van der Waals surface area contributed by atoms with Gasteiger partial charge < -0.3 is 43.3 Å². The summed E-state index contributed by atoms with van der Waals surface area (Å²) < 4.78 is 75.5. The van der Waals surface area contributed by atoms with Crippen LogP contribution in [0.2, 0.25) is 0 Å². The third kappa shape index (κ3) is 10.8. The van der Waals surface area contributed by atoms with E-state index in [9.17, 15) is 43.4 Å². The molecule has 0 radical (unpaired) electrons. The standard InChI is InChI=1S/C27H35N3O19P2/c1-15(2)45-26(35)40-13-43-51(39,44-14-41-27(36)46-16(3)4)49-50(37,38)42-12-20-22(32)23(33)24(47-20)29-10-9-21(31)30(25(29)34)11-18-17-7-5-6-8-19(17)48-28-18/h5-10,15-16,20,22-24,32-33H,11-14H2,1-4H3,(H,37,38)/t20-,22+,23?,24-/m1/s1. The molecule has 24 heteroatoms. The van der Waals surface area contributed by atoms with Gasteiger partial charge >= 0.3 is 33.6 Å². The van der Waals surface area contributed by atoms with Crippen molar-refractivity contribution < 1.29 is 79.9 Å². The van der Waals surface area contributed by atoms with Crippen molar-refractivity contribution in [2.24, 2.45) is 0 Å². The van der Waals surface area contributed by atoms with Gasteiger partial charge in [0.05, 0.1) is 25.4 Å². The van der Waals surface area contributed by atoms with E-state index in [0.717, 1.165) is 21.4 Å². The molecule has 1 fully saturated rings. The molecule has 1 aliphatic rings. The average molecular weight is 768 g/mol. The van der Waals surface area contributed by atoms with E-state index in [1.807, 2.05) is 0 Å². The second-order valence-electron chi connectivity index (χ2n) is 11.0. The van der Waals surface area contributed by atoms with Crippen LogP contribution in [0.4, 0.5) is 9.59 Å². The highest BCUT2D eigenvalue weighted by Crippen LogP contribution is 2.63. The fraction of sp³-hybridized carbons (Fsp3) is 0.519. The fourth-order valence-corrected chi connectivity index (χ4v) is 6.65. The Morgan fingerprint density at radius 3 is 2.14 bits per heavy atom. The average Bonchev–Trinajstić information content (AvgIpc) is 3.57. The van der Waals surface area contributed by atoms with Crippen LogP contribution in [-0.4, -0.2) is 92.4 Å². The summed E-state index contributed by atoms with van der Waals surface area (Å²) in [6.45, 7) is 2.22. The van der Waals surface area contributed by atoms with Crippen LogP contribution in [-0.2, 0) is 57.2 Å². The van der Waals surface area contributed by atoms with Gasteiger partial charge in [0.15, 0.2) is 11.8 Å². The first-order valence-corrected chi connectivity index (χ1v) is 17.9. The Morgan fingerprint density at radius 2 is 1.53 bits per heavy atom. The van der Waals surface area contributed by atoms with Crippen LogP contribution in [0.1, 0.15) is 39.6 Å². The molecular weight excluding hydrogens is 732 g/mol. The van der Waals surface area contributed by atoms with Crippen LogP contribution in [0.15, 0.2) is 50.6 Å². The molecule has 0 spiro atoms. The number of phosphoric acid groups is 2. The van der Waals surface area contributed by atoms with Gasteiger partial charge in [0, 0.05) is 17.6 Å². The van der Waals surface area contributed by atoms with E-state index in [0.29, 0.717) is 11.0 Å². The van der Waals surface area contributed by atoms with Gasteiger partial charge in [0.25, 0.3) is 5.56 Å². The number of hydrogen-bond acceptors (Lipinski definition) is 19. The number of fused-ring (bicyclic) bond motifs is 1. The third-order valence-electron chi connectivity index (χ3n) is 6.51. The van der Waals surface area contributed by atoms with Gasteiger partial charge in [-0.1, -0.05) is 17.3 Å². The number of aromatic nitrogens is 3. The zero-order chi connectivity index (χ0) is 37.5. The number of benzene rings is 1. The number of aliphatic hydroxyl groups is 2. The second kappa shape index (κ2) is 17.0. The van der Waals surface area contributed by atoms with Gasteiger partial charge in [-0.3, -0.25) is 18.5 Å². The Balaban J connectivity index is 1.43. The molecule has 3 aromatic rings. The molecule has 4 rings (SSSR count). The van der Waals surface area contributed by atoms with Gasteiger partial charge in [-0.15, -0.1) is 0 Å². The predicted octanol–water partition coefficient (Wildman–Crippen LogP) is 2.13. The Hall–Kier alpha value is -3.95. The topological polar surface area (TPSA) is 282 Å². The van der Waals surface area contributed by atoms with Crippen LogP contribution in [0, 0.1) is 0 Å². The van der Waals surface area contributed by atoms with E-state index in [1.165, 1.54) is 27.7 Å². The number of carbonyl (C=O) groups is 2. The molecule has 0 aliphatic carbocycles. The number of para-hydroxylation sites is 1. The van der Waals surface area contributed by atoms with Crippen LogP contribution in [0.5, 0.6) is 0 Å². The zero-order valence-corrected chi connectivity index (χ0v) is 29.2. The predicted molar refractivity (Wildman–Crippen MR) is 166 cm³/mol. The van der Waals surface area contributed by atoms with Crippen molar-refractivity contribution in [3.8, 4) is 0 Å². The number of phosphoric ester groups is 2. The number of nitrogens with zero attached hydrogens (tertiary/aromatic N) is 3. The van der Waals surface area contributed by atoms with E-state index in [1.54, 1.807) is 24.3 Å². The van der Waals surface area contributed by atoms with E-state index in [-0.39, 0.29) is 12.2 Å². The van der Waals surface area contributed by atoms with E-state index < -0.39 is 96.1 Å². The first kappa shape index (κ1) is 39.8. The SMILES string of the molecule is CC(C)OC(=O)OCOP(=O)(OCOC(=O)OC(C)C)OP(=O)(O)OC[C@H]1O[C@@H](n2ccc(=O)n(Cc3noc4ccccc34)c2=O)C(O)[C@H]1O. The molecule has 0 amide bonds. The van der Waals surface area contributed by atoms with Crippen LogP contribution >= 0.6 is 15.6 Å². The van der Waals surface area contributed by atoms with Crippen molar-refractivity contribution in [1.29, 1.82) is 0 Å². The van der Waals surface area contributed by atoms with Crippen molar-refractivity contribution in [2.45, 2.75) is 71.0 Å². The highest BCUT2D eigenvalue weighted by Gasteiger charge is 2.47. The Morgan fingerprint density at radius 1 is 0.922 bits per heavy atom. The lowest BCUT2D eigenvalue weighted by atomic mass is 10.1. The first-order valence-electron chi connectivity index (χ1n) is 14.9. The maximum absolute atomic E-state index is 13.4. The summed E-state index contributed by atoms with van der Waals surface area (Å²) >= 11 is 0. The molecule has 51 heavy (non-hydrogen) atoms. The number of rotatable bonds is 16. The molecule has 282 valence electrons. The summed E-state index contributed by atoms with van der Waals surface area (Å²) in [5, 5.41) is 25.8. The maximum Gasteiger partial charge on any atom is 0.510 e. The van der Waals surface area contributed by atoms with Crippen molar-refractivity contribution in [3.05, 3.63) is 63.1 Å². The quantitative estimate of drug-likeness (QED) is 0.107. The number of aliphatic hydroxyl groups excluding tert-OH is 2. The monoisotopic (exact) mass is 767 g/mol. The largest absolute Gasteiger partial charge is 0.510 e. The van der Waals surface area contributed by atoms with Crippen LogP contribution in [0.25, 0.3) is 11.0 Å². The molecule has 1 saturated heterocycles. The number of ether oxygens (including phenoxy) is 5. The lowest BCUT2D eigenvalue weighted by molar-refractivity contribution is -0.0565. The fourth-order valence-electron chi connectivity index (χ4n) is 4.30. The highest BCUT2D eigenvalue weighted by molar-refractivity contribution is 7.61. The van der Waals surface area contributed by atoms with Gasteiger partial charge in [0.2, 0.25) is 13.6 Å². The molecule has 2 aromatic heterocycles. The molecule has 1 aromatic carbocycles. The summed E-state index contributed by atoms with van der Waals surface area (Å²) in [7, 11) is -10.8. The second-order valence-corrected chi connectivity index (χ2v) is 14.3. The molecule has 1 aliphatic heterocycles. The lowest BCUT2D eigenvalue weighted by Gasteiger charge is -2.21. The molecule has 3 heterocycles. The Bertz CT molecular complexity index is 1860. The van der Waals surface area contributed by atoms with Crippen LogP contribution in [0.3, 0.4) is 0 Å². The molecule has 5 atom stereocenters. The molecule has 22 nitrogen and oxygen atoms in total. The van der Waals surface area contributed by atoms with Gasteiger partial charge in [-0.25, -0.2) is 32.6 Å². The van der Waals surface area contributed by atoms with Crippen LogP contribution < -0.4 is 11.2 Å². The van der Waals surface area contributed by atoms with E-state index >= 15 is 0 Å². The van der Waals surface area contributed by atoms with E-state index in [2.05, 4.69) is 18.9 Å². The van der Waals surface area contributed by atoms with Crippen molar-refractivity contribution in [3.63, 3.8) is 0 Å². The van der Waals surface area contributed by atoms with Crippen molar-refractivity contribution in [1.82, 2.24) is 14.3 Å². The minimum atomic E-state index is -5.51. The van der Waals surface area contributed by atoms with Crippen molar-refractivity contribution in [2.75, 3.05) is 20.2 Å². The number of hydrogen-bond donors (Lipinski definition) is 3. The third-order valence-corrected chi connectivity index (χ3v) is 9.46. The molecule has 0 saturated carbocycles. The molecule has 2 unspecified atom stereocenters. The van der Waals surface area contributed by atoms with E-state index in [4.69, 9.17) is 32.3 Å². The summed E-state index contributed by atoms with van der Waals surface area (Å²) in [6, 6.07) is 7.73. The minimum Gasteiger partial charge on any atom is -0.432 e. The smallest absolute Gasteiger partial charge is 0.432 e. The first-order chi connectivity index (χ1) is 24.0. The Kier molecular flexibility index (Phi) is 13.3. The zero-order valence-electron chi connectivity index (χ0n) is 27.4. The Labute approximate surface area is 287 Å². The maximum atomic E-state index is 13.4. The summed E-state index contributed by atoms with van der Waals surface area (Å²) in [5.74, 6) is 0. The van der Waals surface area contributed by atoms with Crippen molar-refractivity contribution >= 4 is 38.9 Å². The lowest BCUT2D eigenvalue weighted by Crippen LogP contribution is -2.43. The highest BCUT2D eigenvalue weighted by atomic mass is 31.3.